The number of hydrogen-bond donors (Lipinski definition) is 1. The third kappa shape index (κ3) is 3.13. The lowest BCUT2D eigenvalue weighted by Gasteiger charge is -2.30. The number of para-hydroxylation sites is 1. The van der Waals surface area contributed by atoms with E-state index in [-0.39, 0.29) is 5.82 Å². The van der Waals surface area contributed by atoms with Crippen LogP contribution in [0, 0.1) is 11.7 Å². The van der Waals surface area contributed by atoms with Gasteiger partial charge in [0.25, 0.3) is 0 Å². The summed E-state index contributed by atoms with van der Waals surface area (Å²) in [6.07, 6.45) is 6.09. The normalized spacial score (nSPS) is 22.8. The molecule has 2 atom stereocenters. The van der Waals surface area contributed by atoms with E-state index in [4.69, 9.17) is 4.42 Å². The van der Waals surface area contributed by atoms with Crippen LogP contribution in [0.15, 0.2) is 28.7 Å². The molecule has 0 spiro atoms. The molecule has 2 aromatic rings. The van der Waals surface area contributed by atoms with Gasteiger partial charge in [0.05, 0.1) is 0 Å². The van der Waals surface area contributed by atoms with E-state index >= 15 is 0 Å². The Morgan fingerprint density at radius 1 is 1.29 bits per heavy atom. The maximum atomic E-state index is 13.8. The van der Waals surface area contributed by atoms with Gasteiger partial charge >= 0.3 is 0 Å². The smallest absolute Gasteiger partial charge is 0.169 e. The van der Waals surface area contributed by atoms with Gasteiger partial charge in [-0.05, 0) is 50.4 Å². The van der Waals surface area contributed by atoms with Gasteiger partial charge in [0.1, 0.15) is 5.76 Å². The highest BCUT2D eigenvalue weighted by atomic mass is 19.1. The Kier molecular flexibility index (Phi) is 4.59. The Labute approximate surface area is 125 Å². The molecule has 0 bridgehead atoms. The second-order valence-electron chi connectivity index (χ2n) is 6.16. The van der Waals surface area contributed by atoms with Crippen LogP contribution in [-0.2, 0) is 0 Å². The average molecular weight is 289 g/mol. The summed E-state index contributed by atoms with van der Waals surface area (Å²) < 4.78 is 19.7. The van der Waals surface area contributed by atoms with Crippen LogP contribution in [-0.4, -0.2) is 13.1 Å². The van der Waals surface area contributed by atoms with Gasteiger partial charge in [-0.25, -0.2) is 4.39 Å². The largest absolute Gasteiger partial charge is 0.458 e. The second-order valence-corrected chi connectivity index (χ2v) is 6.16. The van der Waals surface area contributed by atoms with Crippen molar-refractivity contribution in [2.45, 2.75) is 44.9 Å². The molecule has 0 saturated heterocycles. The zero-order chi connectivity index (χ0) is 14.7. The van der Waals surface area contributed by atoms with Crippen LogP contribution in [0.25, 0.3) is 11.0 Å². The Balaban J connectivity index is 1.82. The highest BCUT2D eigenvalue weighted by Crippen LogP contribution is 2.39. The number of benzene rings is 1. The maximum absolute atomic E-state index is 13.8. The van der Waals surface area contributed by atoms with Gasteiger partial charge in [0.15, 0.2) is 11.4 Å². The second kappa shape index (κ2) is 6.61. The first-order chi connectivity index (χ1) is 10.3. The summed E-state index contributed by atoms with van der Waals surface area (Å²) in [5, 5.41) is 4.42. The van der Waals surface area contributed by atoms with Crippen molar-refractivity contribution in [2.24, 2.45) is 5.92 Å². The minimum absolute atomic E-state index is 0.254. The van der Waals surface area contributed by atoms with E-state index < -0.39 is 0 Å². The van der Waals surface area contributed by atoms with Gasteiger partial charge in [0.2, 0.25) is 0 Å². The van der Waals surface area contributed by atoms with Crippen molar-refractivity contribution < 1.29 is 8.81 Å². The molecule has 2 nitrogen and oxygen atoms in total. The summed E-state index contributed by atoms with van der Waals surface area (Å²) >= 11 is 0. The first-order valence-electron chi connectivity index (χ1n) is 8.18. The zero-order valence-electron chi connectivity index (χ0n) is 12.7. The number of fused-ring (bicyclic) bond motifs is 1. The summed E-state index contributed by atoms with van der Waals surface area (Å²) in [5.41, 5.74) is 0.415. The molecule has 1 aromatic heterocycles. The van der Waals surface area contributed by atoms with E-state index in [2.05, 4.69) is 12.2 Å². The van der Waals surface area contributed by atoms with Crippen LogP contribution in [0.3, 0.4) is 0 Å². The SMILES string of the molecule is CCCNCC1CCCCC1c1cc2cccc(F)c2o1. The molecule has 0 radical (unpaired) electrons. The number of halogens is 1. The highest BCUT2D eigenvalue weighted by molar-refractivity contribution is 5.78. The Morgan fingerprint density at radius 2 is 2.14 bits per heavy atom. The lowest BCUT2D eigenvalue weighted by Crippen LogP contribution is -2.29. The molecular weight excluding hydrogens is 265 g/mol. The summed E-state index contributed by atoms with van der Waals surface area (Å²) in [6, 6.07) is 7.19. The van der Waals surface area contributed by atoms with Crippen molar-refractivity contribution in [3.05, 3.63) is 35.8 Å². The summed E-state index contributed by atoms with van der Waals surface area (Å²) in [4.78, 5) is 0. The average Bonchev–Trinajstić information content (AvgIpc) is 2.93. The number of nitrogens with one attached hydrogen (secondary N) is 1. The van der Waals surface area contributed by atoms with Crippen molar-refractivity contribution >= 4 is 11.0 Å². The number of hydrogen-bond acceptors (Lipinski definition) is 2. The molecule has 1 fully saturated rings. The molecule has 21 heavy (non-hydrogen) atoms. The van der Waals surface area contributed by atoms with E-state index in [0.717, 1.165) is 37.1 Å². The van der Waals surface area contributed by atoms with Gasteiger partial charge in [-0.2, -0.15) is 0 Å². The Morgan fingerprint density at radius 3 is 2.95 bits per heavy atom. The quantitative estimate of drug-likeness (QED) is 0.796. The van der Waals surface area contributed by atoms with Crippen LogP contribution < -0.4 is 5.32 Å². The van der Waals surface area contributed by atoms with Crippen LogP contribution in [0.1, 0.15) is 50.7 Å². The van der Waals surface area contributed by atoms with Crippen molar-refractivity contribution in [1.82, 2.24) is 5.32 Å². The maximum Gasteiger partial charge on any atom is 0.169 e. The monoisotopic (exact) mass is 289 g/mol. The zero-order valence-corrected chi connectivity index (χ0v) is 12.7. The number of rotatable bonds is 5. The molecule has 3 rings (SSSR count). The third-order valence-corrected chi connectivity index (χ3v) is 4.62. The van der Waals surface area contributed by atoms with Crippen molar-refractivity contribution in [3.8, 4) is 0 Å². The first kappa shape index (κ1) is 14.6. The molecule has 1 heterocycles. The summed E-state index contributed by atoms with van der Waals surface area (Å²) in [7, 11) is 0. The van der Waals surface area contributed by atoms with E-state index in [1.54, 1.807) is 6.07 Å². The topological polar surface area (TPSA) is 25.2 Å². The predicted octanol–water partition coefficient (Wildman–Crippen LogP) is 4.85. The Bertz CT molecular complexity index is 592. The summed E-state index contributed by atoms with van der Waals surface area (Å²) in [5.74, 6) is 1.75. The lowest BCUT2D eigenvalue weighted by molar-refractivity contribution is 0.267. The molecule has 0 aliphatic heterocycles. The summed E-state index contributed by atoms with van der Waals surface area (Å²) in [6.45, 7) is 4.30. The molecule has 114 valence electrons. The van der Waals surface area contributed by atoms with Crippen molar-refractivity contribution in [1.29, 1.82) is 0 Å². The molecule has 1 aliphatic carbocycles. The van der Waals surface area contributed by atoms with Gasteiger partial charge < -0.3 is 9.73 Å². The predicted molar refractivity (Wildman–Crippen MR) is 84.0 cm³/mol. The highest BCUT2D eigenvalue weighted by Gasteiger charge is 2.29. The first-order valence-corrected chi connectivity index (χ1v) is 8.18. The van der Waals surface area contributed by atoms with Crippen molar-refractivity contribution in [2.75, 3.05) is 13.1 Å². The van der Waals surface area contributed by atoms with Crippen LogP contribution in [0.5, 0.6) is 0 Å². The molecule has 0 amide bonds. The van der Waals surface area contributed by atoms with Crippen LogP contribution in [0.4, 0.5) is 4.39 Å². The van der Waals surface area contributed by atoms with Crippen LogP contribution in [0.2, 0.25) is 0 Å². The molecule has 1 aliphatic rings. The van der Waals surface area contributed by atoms with Gasteiger partial charge in [-0.15, -0.1) is 0 Å². The fraction of sp³-hybridized carbons (Fsp3) is 0.556. The fourth-order valence-electron chi connectivity index (χ4n) is 3.52. The van der Waals surface area contributed by atoms with Gasteiger partial charge in [-0.3, -0.25) is 0 Å². The van der Waals surface area contributed by atoms with Gasteiger partial charge in [0, 0.05) is 11.3 Å². The number of furan rings is 1. The van der Waals surface area contributed by atoms with Crippen molar-refractivity contribution in [3.63, 3.8) is 0 Å². The molecular formula is C18H24FNO. The van der Waals surface area contributed by atoms with E-state index in [1.807, 2.05) is 12.1 Å². The van der Waals surface area contributed by atoms with E-state index in [0.29, 0.717) is 17.4 Å². The Hall–Kier alpha value is -1.35. The lowest BCUT2D eigenvalue weighted by atomic mass is 9.78. The fourth-order valence-corrected chi connectivity index (χ4v) is 3.52. The van der Waals surface area contributed by atoms with Gasteiger partial charge in [-0.1, -0.05) is 31.9 Å². The third-order valence-electron chi connectivity index (χ3n) is 4.62. The molecule has 1 saturated carbocycles. The molecule has 2 unspecified atom stereocenters. The molecule has 1 aromatic carbocycles. The van der Waals surface area contributed by atoms with E-state index in [1.165, 1.54) is 25.3 Å². The molecule has 3 heteroatoms. The standard InChI is InChI=1S/C18H24FNO/c1-2-10-20-12-14-6-3-4-8-15(14)17-11-13-7-5-9-16(19)18(13)21-17/h5,7,9,11,14-15,20H,2-4,6,8,10,12H2,1H3. The molecule has 1 N–H and O–H groups in total. The van der Waals surface area contributed by atoms with Crippen LogP contribution >= 0.6 is 0 Å². The minimum atomic E-state index is -0.254. The van der Waals surface area contributed by atoms with E-state index in [9.17, 15) is 4.39 Å². The minimum Gasteiger partial charge on any atom is -0.458 e.